The lowest BCUT2D eigenvalue weighted by Crippen LogP contribution is -2.13. The molecule has 0 fully saturated rings. The molecule has 0 radical (unpaired) electrons. The van der Waals surface area contributed by atoms with E-state index in [1.54, 1.807) is 18.2 Å². The number of aliphatic carboxylic acids is 1. The maximum Gasteiger partial charge on any atom is 0.328 e. The second-order valence-corrected chi connectivity index (χ2v) is 5.47. The van der Waals surface area contributed by atoms with E-state index in [0.717, 1.165) is 6.08 Å². The quantitative estimate of drug-likeness (QED) is 0.719. The fraction of sp³-hybridized carbons (Fsp3) is 0. The number of rotatable bonds is 5. The average molecular weight is 293 g/mol. The second-order valence-electron chi connectivity index (χ2n) is 3.82. The summed E-state index contributed by atoms with van der Waals surface area (Å²) in [6.07, 6.45) is 3.68. The Bertz CT molecular complexity index is 736. The normalized spacial score (nSPS) is 11.6. The third kappa shape index (κ3) is 3.45. The van der Waals surface area contributed by atoms with Crippen LogP contribution in [0, 0.1) is 0 Å². The van der Waals surface area contributed by atoms with E-state index in [1.807, 2.05) is 0 Å². The third-order valence-corrected chi connectivity index (χ3v) is 3.63. The first-order valence-electron chi connectivity index (χ1n) is 5.51. The predicted octanol–water partition coefficient (Wildman–Crippen LogP) is 1.31. The Morgan fingerprint density at radius 3 is 2.80 bits per heavy atom. The van der Waals surface area contributed by atoms with E-state index in [1.165, 1.54) is 24.4 Å². The number of nitrogens with one attached hydrogen (secondary N) is 2. The number of hydrogen-bond acceptors (Lipinski definition) is 4. The van der Waals surface area contributed by atoms with Crippen molar-refractivity contribution in [1.82, 2.24) is 10.2 Å². The Morgan fingerprint density at radius 1 is 1.35 bits per heavy atom. The van der Waals surface area contributed by atoms with Gasteiger partial charge in [-0.3, -0.25) is 9.82 Å². The zero-order chi connectivity index (χ0) is 14.6. The Hall–Kier alpha value is -2.61. The summed E-state index contributed by atoms with van der Waals surface area (Å²) in [7, 11) is -3.73. The van der Waals surface area contributed by atoms with Crippen LogP contribution in [0.25, 0.3) is 6.08 Å². The molecule has 20 heavy (non-hydrogen) atoms. The number of carboxylic acid groups (broad SMARTS) is 1. The van der Waals surface area contributed by atoms with E-state index in [-0.39, 0.29) is 5.03 Å². The van der Waals surface area contributed by atoms with Gasteiger partial charge in [0.2, 0.25) is 0 Å². The van der Waals surface area contributed by atoms with Crippen molar-refractivity contribution in [2.45, 2.75) is 5.03 Å². The number of aromatic amines is 1. The van der Waals surface area contributed by atoms with E-state index in [0.29, 0.717) is 11.3 Å². The largest absolute Gasteiger partial charge is 0.478 e. The number of hydrogen-bond donors (Lipinski definition) is 3. The summed E-state index contributed by atoms with van der Waals surface area (Å²) in [5.41, 5.74) is 0.893. The van der Waals surface area contributed by atoms with Crippen LogP contribution in [0.1, 0.15) is 5.56 Å². The lowest BCUT2D eigenvalue weighted by atomic mass is 10.2. The van der Waals surface area contributed by atoms with Crippen molar-refractivity contribution in [2.75, 3.05) is 4.72 Å². The van der Waals surface area contributed by atoms with Crippen molar-refractivity contribution in [1.29, 1.82) is 0 Å². The molecule has 0 aliphatic carbocycles. The minimum Gasteiger partial charge on any atom is -0.478 e. The Kier molecular flexibility index (Phi) is 3.85. The zero-order valence-corrected chi connectivity index (χ0v) is 11.0. The number of sulfonamides is 1. The maximum atomic E-state index is 11.9. The summed E-state index contributed by atoms with van der Waals surface area (Å²) >= 11 is 0. The molecule has 2 rings (SSSR count). The molecule has 2 aromatic rings. The number of carbonyl (C=O) groups is 1. The zero-order valence-electron chi connectivity index (χ0n) is 10.1. The number of anilines is 1. The van der Waals surface area contributed by atoms with Gasteiger partial charge in [0.1, 0.15) is 0 Å². The molecular weight excluding hydrogens is 282 g/mol. The standard InChI is InChI=1S/C12H11N3O4S/c16-12(17)5-4-9-2-1-3-10(8-9)15-20(18,19)11-6-7-13-14-11/h1-8,15H,(H,13,14)(H,16,17)/b5-4+. The number of nitrogens with zero attached hydrogens (tertiary/aromatic N) is 1. The summed E-state index contributed by atoms with van der Waals surface area (Å²) in [4.78, 5) is 10.4. The van der Waals surface area contributed by atoms with Crippen LogP contribution in [0.4, 0.5) is 5.69 Å². The van der Waals surface area contributed by atoms with Crippen molar-refractivity contribution < 1.29 is 18.3 Å². The molecule has 0 saturated heterocycles. The van der Waals surface area contributed by atoms with Gasteiger partial charge in [0.25, 0.3) is 10.0 Å². The van der Waals surface area contributed by atoms with Crippen molar-refractivity contribution >= 4 is 27.8 Å². The van der Waals surface area contributed by atoms with Gasteiger partial charge in [0.05, 0.1) is 6.20 Å². The minimum absolute atomic E-state index is 0.0519. The molecule has 1 aromatic carbocycles. The molecular formula is C12H11N3O4S. The van der Waals surface area contributed by atoms with Crippen LogP contribution < -0.4 is 4.72 Å². The van der Waals surface area contributed by atoms with Crippen LogP contribution in [-0.2, 0) is 14.8 Å². The van der Waals surface area contributed by atoms with Crippen molar-refractivity contribution in [3.8, 4) is 0 Å². The first-order chi connectivity index (χ1) is 9.47. The average Bonchev–Trinajstić information content (AvgIpc) is 2.91. The highest BCUT2D eigenvalue weighted by Crippen LogP contribution is 2.16. The number of carboxylic acids is 1. The molecule has 1 heterocycles. The van der Waals surface area contributed by atoms with Gasteiger partial charge < -0.3 is 5.11 Å². The van der Waals surface area contributed by atoms with E-state index in [4.69, 9.17) is 5.11 Å². The number of H-pyrrole nitrogens is 1. The molecule has 1 aromatic heterocycles. The van der Waals surface area contributed by atoms with Crippen molar-refractivity contribution in [2.24, 2.45) is 0 Å². The molecule has 0 amide bonds. The van der Waals surface area contributed by atoms with Gasteiger partial charge >= 0.3 is 5.97 Å². The van der Waals surface area contributed by atoms with Crippen molar-refractivity contribution in [3.63, 3.8) is 0 Å². The molecule has 0 saturated carbocycles. The van der Waals surface area contributed by atoms with Gasteiger partial charge in [-0.25, -0.2) is 4.79 Å². The summed E-state index contributed by atoms with van der Waals surface area (Å²) < 4.78 is 26.3. The fourth-order valence-electron chi connectivity index (χ4n) is 1.48. The molecule has 104 valence electrons. The molecule has 7 nitrogen and oxygen atoms in total. The second kappa shape index (κ2) is 5.57. The lowest BCUT2D eigenvalue weighted by molar-refractivity contribution is -0.131. The first kappa shape index (κ1) is 13.8. The van der Waals surface area contributed by atoms with Crippen LogP contribution >= 0.6 is 0 Å². The highest BCUT2D eigenvalue weighted by atomic mass is 32.2. The van der Waals surface area contributed by atoms with Gasteiger partial charge in [-0.1, -0.05) is 12.1 Å². The number of benzene rings is 1. The van der Waals surface area contributed by atoms with Crippen LogP contribution in [0.2, 0.25) is 0 Å². The Morgan fingerprint density at radius 2 is 2.15 bits per heavy atom. The van der Waals surface area contributed by atoms with Gasteiger partial charge in [-0.05, 0) is 29.8 Å². The highest BCUT2D eigenvalue weighted by molar-refractivity contribution is 7.92. The molecule has 3 N–H and O–H groups in total. The number of aromatic nitrogens is 2. The molecule has 0 aliphatic heterocycles. The Labute approximate surface area is 115 Å². The van der Waals surface area contributed by atoms with Crippen LogP contribution in [0.3, 0.4) is 0 Å². The maximum absolute atomic E-state index is 11.9. The van der Waals surface area contributed by atoms with Gasteiger partial charge in [-0.2, -0.15) is 13.5 Å². The fourth-order valence-corrected chi connectivity index (χ4v) is 2.44. The molecule has 8 heteroatoms. The summed E-state index contributed by atoms with van der Waals surface area (Å²) in [6.45, 7) is 0. The summed E-state index contributed by atoms with van der Waals surface area (Å²) in [5.74, 6) is -1.08. The third-order valence-electron chi connectivity index (χ3n) is 2.32. The summed E-state index contributed by atoms with van der Waals surface area (Å²) in [5, 5.41) is 14.4. The van der Waals surface area contributed by atoms with Gasteiger partial charge in [-0.15, -0.1) is 0 Å². The molecule has 0 spiro atoms. The van der Waals surface area contributed by atoms with Crippen LogP contribution in [0.5, 0.6) is 0 Å². The van der Waals surface area contributed by atoms with Crippen LogP contribution in [0.15, 0.2) is 47.6 Å². The summed E-state index contributed by atoms with van der Waals surface area (Å²) in [6, 6.07) is 7.69. The predicted molar refractivity (Wildman–Crippen MR) is 72.5 cm³/mol. The SMILES string of the molecule is O=C(O)/C=C/c1cccc(NS(=O)(=O)c2ccn[nH]2)c1. The highest BCUT2D eigenvalue weighted by Gasteiger charge is 2.15. The van der Waals surface area contributed by atoms with Gasteiger partial charge in [0, 0.05) is 11.8 Å². The minimum atomic E-state index is -3.73. The molecule has 0 aliphatic rings. The van der Waals surface area contributed by atoms with E-state index in [2.05, 4.69) is 14.9 Å². The molecule has 0 atom stereocenters. The van der Waals surface area contributed by atoms with Gasteiger partial charge in [0.15, 0.2) is 5.03 Å². The van der Waals surface area contributed by atoms with E-state index >= 15 is 0 Å². The van der Waals surface area contributed by atoms with Crippen LogP contribution in [-0.4, -0.2) is 29.7 Å². The Balaban J connectivity index is 2.22. The van der Waals surface area contributed by atoms with E-state index in [9.17, 15) is 13.2 Å². The smallest absolute Gasteiger partial charge is 0.328 e. The first-order valence-corrected chi connectivity index (χ1v) is 6.99. The van der Waals surface area contributed by atoms with Crippen molar-refractivity contribution in [3.05, 3.63) is 48.2 Å². The monoisotopic (exact) mass is 293 g/mol. The topological polar surface area (TPSA) is 112 Å². The molecule has 0 unspecified atom stereocenters. The van der Waals surface area contributed by atoms with E-state index < -0.39 is 16.0 Å². The lowest BCUT2D eigenvalue weighted by Gasteiger charge is -2.06. The molecule has 0 bridgehead atoms.